The average Bonchev–Trinajstić information content (AvgIpc) is 2.27. The van der Waals surface area contributed by atoms with Gasteiger partial charge in [-0.15, -0.1) is 11.6 Å². The summed E-state index contributed by atoms with van der Waals surface area (Å²) < 4.78 is 15.7. The normalized spacial score (nSPS) is 10.1. The second-order valence-corrected chi connectivity index (χ2v) is 3.13. The van der Waals surface area contributed by atoms with Gasteiger partial charge in [-0.1, -0.05) is 12.1 Å². The van der Waals surface area contributed by atoms with Gasteiger partial charge in [0.25, 0.3) is 0 Å². The predicted molar refractivity (Wildman–Crippen MR) is 59.7 cm³/mol. The largest absolute Gasteiger partial charge is 0.490 e. The van der Waals surface area contributed by atoms with Crippen LogP contribution in [-0.4, -0.2) is 20.5 Å². The Morgan fingerprint density at radius 3 is 2.67 bits per heavy atom. The van der Waals surface area contributed by atoms with Crippen molar-refractivity contribution >= 4 is 11.6 Å². The summed E-state index contributed by atoms with van der Waals surface area (Å²) in [4.78, 5) is 0. The zero-order valence-corrected chi connectivity index (χ0v) is 9.71. The first-order valence-electron chi connectivity index (χ1n) is 4.75. The number of alkyl halides is 1. The van der Waals surface area contributed by atoms with E-state index in [9.17, 15) is 0 Å². The summed E-state index contributed by atoms with van der Waals surface area (Å²) in [6.07, 6.45) is 0. The van der Waals surface area contributed by atoms with Crippen LogP contribution in [0.25, 0.3) is 0 Å². The molecule has 1 aromatic carbocycles. The number of para-hydroxylation sites is 1. The minimum atomic E-state index is 0.188. The first-order chi connectivity index (χ1) is 7.33. The van der Waals surface area contributed by atoms with Gasteiger partial charge >= 0.3 is 0 Å². The quantitative estimate of drug-likeness (QED) is 0.556. The van der Waals surface area contributed by atoms with E-state index in [1.54, 1.807) is 7.11 Å². The summed E-state index contributed by atoms with van der Waals surface area (Å²) >= 11 is 5.81. The Bertz CT molecular complexity index is 302. The number of hydrogen-bond acceptors (Lipinski definition) is 3. The third-order valence-electron chi connectivity index (χ3n) is 1.83. The first kappa shape index (κ1) is 12.1. The molecule has 0 aliphatic rings. The maximum absolute atomic E-state index is 5.81. The van der Waals surface area contributed by atoms with Crippen LogP contribution >= 0.6 is 11.6 Å². The Balaban J connectivity index is 2.92. The number of halogens is 1. The van der Waals surface area contributed by atoms with E-state index in [4.69, 9.17) is 25.8 Å². The first-order valence-corrected chi connectivity index (χ1v) is 5.29. The zero-order valence-electron chi connectivity index (χ0n) is 8.96. The van der Waals surface area contributed by atoms with Crippen LogP contribution in [-0.2, 0) is 10.6 Å². The molecule has 0 unspecified atom stereocenters. The summed E-state index contributed by atoms with van der Waals surface area (Å²) in [6, 6.07) is 5.65. The van der Waals surface area contributed by atoms with Gasteiger partial charge in [0.15, 0.2) is 18.3 Å². The van der Waals surface area contributed by atoms with E-state index >= 15 is 0 Å². The number of ether oxygens (including phenoxy) is 3. The van der Waals surface area contributed by atoms with E-state index in [0.29, 0.717) is 24.0 Å². The second-order valence-electron chi connectivity index (χ2n) is 2.86. The van der Waals surface area contributed by atoms with E-state index in [1.165, 1.54) is 0 Å². The predicted octanol–water partition coefficient (Wildman–Crippen LogP) is 2.81. The molecule has 3 nitrogen and oxygen atoms in total. The number of rotatable bonds is 6. The van der Waals surface area contributed by atoms with E-state index in [2.05, 4.69) is 0 Å². The molecule has 0 bridgehead atoms. The number of methoxy groups -OCH3 is 1. The van der Waals surface area contributed by atoms with Crippen molar-refractivity contribution in [2.75, 3.05) is 20.5 Å². The molecule has 0 saturated carbocycles. The minimum Gasteiger partial charge on any atom is -0.490 e. The lowest BCUT2D eigenvalue weighted by Gasteiger charge is -2.13. The Labute approximate surface area is 94.9 Å². The molecule has 4 heteroatoms. The third-order valence-corrected chi connectivity index (χ3v) is 2.11. The molecule has 0 aromatic heterocycles. The molecule has 0 aliphatic heterocycles. The zero-order chi connectivity index (χ0) is 11.1. The average molecular weight is 231 g/mol. The summed E-state index contributed by atoms with van der Waals surface area (Å²) in [5, 5.41) is 0. The highest BCUT2D eigenvalue weighted by molar-refractivity contribution is 6.17. The lowest BCUT2D eigenvalue weighted by atomic mass is 10.2. The third kappa shape index (κ3) is 3.29. The molecule has 0 aliphatic carbocycles. The van der Waals surface area contributed by atoms with Gasteiger partial charge in [-0.25, -0.2) is 0 Å². The highest BCUT2D eigenvalue weighted by atomic mass is 35.5. The van der Waals surface area contributed by atoms with Crippen LogP contribution < -0.4 is 9.47 Å². The smallest absolute Gasteiger partial charge is 0.188 e. The van der Waals surface area contributed by atoms with Crippen LogP contribution in [0, 0.1) is 0 Å². The van der Waals surface area contributed by atoms with Crippen molar-refractivity contribution in [3.05, 3.63) is 23.8 Å². The van der Waals surface area contributed by atoms with Gasteiger partial charge in [0.1, 0.15) is 0 Å². The molecule has 0 spiro atoms. The topological polar surface area (TPSA) is 27.7 Å². The van der Waals surface area contributed by atoms with Crippen molar-refractivity contribution < 1.29 is 14.2 Å². The van der Waals surface area contributed by atoms with Crippen LogP contribution in [0.4, 0.5) is 0 Å². The molecule has 0 radical (unpaired) electrons. The van der Waals surface area contributed by atoms with Crippen LogP contribution in [0.1, 0.15) is 12.5 Å². The van der Waals surface area contributed by atoms with Gasteiger partial charge in [-0.05, 0) is 13.0 Å². The molecule has 1 aromatic rings. The Hall–Kier alpha value is -0.930. The maximum Gasteiger partial charge on any atom is 0.188 e. The van der Waals surface area contributed by atoms with E-state index in [0.717, 1.165) is 5.56 Å². The van der Waals surface area contributed by atoms with Crippen molar-refractivity contribution in [1.29, 1.82) is 0 Å². The maximum atomic E-state index is 5.81. The van der Waals surface area contributed by atoms with Gasteiger partial charge in [0.05, 0.1) is 12.5 Å². The Morgan fingerprint density at radius 1 is 1.27 bits per heavy atom. The van der Waals surface area contributed by atoms with Gasteiger partial charge in [0.2, 0.25) is 0 Å². The van der Waals surface area contributed by atoms with Gasteiger partial charge in [0, 0.05) is 12.7 Å². The fraction of sp³-hybridized carbons (Fsp3) is 0.455. The molecular weight excluding hydrogens is 216 g/mol. The van der Waals surface area contributed by atoms with Crippen molar-refractivity contribution in [2.24, 2.45) is 0 Å². The summed E-state index contributed by atoms with van der Waals surface area (Å²) in [6.45, 7) is 2.70. The minimum absolute atomic E-state index is 0.188. The van der Waals surface area contributed by atoms with Crippen LogP contribution in [0.5, 0.6) is 11.5 Å². The van der Waals surface area contributed by atoms with Crippen molar-refractivity contribution in [3.8, 4) is 11.5 Å². The molecule has 1 rings (SSSR count). The summed E-state index contributed by atoms with van der Waals surface area (Å²) in [5.74, 6) is 1.75. The molecule has 0 fully saturated rings. The van der Waals surface area contributed by atoms with Crippen molar-refractivity contribution in [3.63, 3.8) is 0 Å². The Morgan fingerprint density at radius 2 is 2.07 bits per heavy atom. The van der Waals surface area contributed by atoms with Crippen LogP contribution in [0.2, 0.25) is 0 Å². The highest BCUT2D eigenvalue weighted by Crippen LogP contribution is 2.32. The van der Waals surface area contributed by atoms with E-state index in [1.807, 2.05) is 25.1 Å². The van der Waals surface area contributed by atoms with E-state index < -0.39 is 0 Å². The summed E-state index contributed by atoms with van der Waals surface area (Å²) in [5.41, 5.74) is 0.902. The molecule has 0 N–H and O–H groups in total. The number of hydrogen-bond donors (Lipinski definition) is 0. The molecular formula is C11H15ClO3. The van der Waals surface area contributed by atoms with Gasteiger partial charge in [-0.2, -0.15) is 0 Å². The van der Waals surface area contributed by atoms with Crippen molar-refractivity contribution in [1.82, 2.24) is 0 Å². The fourth-order valence-electron chi connectivity index (χ4n) is 1.22. The molecule has 15 heavy (non-hydrogen) atoms. The molecule has 0 heterocycles. The molecule has 0 amide bonds. The summed E-state index contributed by atoms with van der Waals surface area (Å²) in [7, 11) is 1.57. The van der Waals surface area contributed by atoms with Crippen LogP contribution in [0.15, 0.2) is 18.2 Å². The van der Waals surface area contributed by atoms with Gasteiger partial charge in [-0.3, -0.25) is 0 Å². The van der Waals surface area contributed by atoms with E-state index in [-0.39, 0.29) is 6.79 Å². The standard InChI is InChI=1S/C11H15ClO3/c1-3-14-10-6-4-5-9(7-12)11(10)15-8-13-2/h4-6H,3,7-8H2,1-2H3. The van der Waals surface area contributed by atoms with Crippen LogP contribution in [0.3, 0.4) is 0 Å². The molecule has 84 valence electrons. The number of benzene rings is 1. The molecule has 0 atom stereocenters. The lowest BCUT2D eigenvalue weighted by Crippen LogP contribution is -2.04. The molecule has 0 saturated heterocycles. The van der Waals surface area contributed by atoms with Gasteiger partial charge < -0.3 is 14.2 Å². The highest BCUT2D eigenvalue weighted by Gasteiger charge is 2.09. The Kier molecular flexibility index (Phi) is 5.29. The van der Waals surface area contributed by atoms with Crippen molar-refractivity contribution in [2.45, 2.75) is 12.8 Å². The fourth-order valence-corrected chi connectivity index (χ4v) is 1.43. The monoisotopic (exact) mass is 230 g/mol. The SMILES string of the molecule is CCOc1cccc(CCl)c1OCOC. The second kappa shape index (κ2) is 6.53. The lowest BCUT2D eigenvalue weighted by molar-refractivity contribution is 0.0481.